The van der Waals surface area contributed by atoms with Gasteiger partial charge in [-0.3, -0.25) is 14.5 Å². The minimum atomic E-state index is -0.00535. The van der Waals surface area contributed by atoms with E-state index < -0.39 is 0 Å². The summed E-state index contributed by atoms with van der Waals surface area (Å²) in [7, 11) is 0. The Hall–Kier alpha value is -2.15. The van der Waals surface area contributed by atoms with Gasteiger partial charge < -0.3 is 9.80 Å². The molecule has 2 aromatic carbocycles. The second kappa shape index (κ2) is 10.9. The van der Waals surface area contributed by atoms with E-state index in [0.717, 1.165) is 36.4 Å². The first-order chi connectivity index (χ1) is 17.7. The molecule has 4 aliphatic rings. The number of piperazine rings is 1. The Morgan fingerprint density at radius 1 is 1.08 bits per heavy atom. The summed E-state index contributed by atoms with van der Waals surface area (Å²) in [6.07, 6.45) is 4.73. The standard InChI is InChI=1S/C30H35BrClN3O2/c1-30(2)23-11-10-22(26(30)19-23)20-35(29(37)25-8-3-4-9-27(25)32)17-14-33-12-15-34(16-13-33)28(36)21-6-5-7-24(31)18-21/h3-10,18,23,26H,11-17,19-20H2,1-2H3. The van der Waals surface area contributed by atoms with E-state index in [1.165, 1.54) is 12.0 Å². The maximum absolute atomic E-state index is 13.7. The highest BCUT2D eigenvalue weighted by Gasteiger charge is 2.51. The van der Waals surface area contributed by atoms with Crippen LogP contribution < -0.4 is 0 Å². The van der Waals surface area contributed by atoms with E-state index in [-0.39, 0.29) is 11.8 Å². The average molecular weight is 585 g/mol. The normalized spacial score (nSPS) is 22.7. The third kappa shape index (κ3) is 5.52. The van der Waals surface area contributed by atoms with Gasteiger partial charge in [0.05, 0.1) is 10.6 Å². The van der Waals surface area contributed by atoms with E-state index in [9.17, 15) is 9.59 Å². The SMILES string of the molecule is CC1(C)C2CC=C(CN(CCN3CCN(C(=O)c4cccc(Br)c4)CC3)C(=O)c3ccccc3Cl)C1C2. The number of hydrogen-bond acceptors (Lipinski definition) is 3. The number of hydrogen-bond donors (Lipinski definition) is 0. The fraction of sp³-hybridized carbons (Fsp3) is 0.467. The lowest BCUT2D eigenvalue weighted by molar-refractivity contribution is -0.0105. The molecule has 3 aliphatic carbocycles. The molecule has 2 bridgehead atoms. The molecule has 5 nitrogen and oxygen atoms in total. The van der Waals surface area contributed by atoms with Crippen LogP contribution in [0.5, 0.6) is 0 Å². The Kier molecular flexibility index (Phi) is 7.80. The summed E-state index contributed by atoms with van der Waals surface area (Å²) in [6.45, 7) is 9.78. The Labute approximate surface area is 233 Å². The van der Waals surface area contributed by atoms with E-state index in [0.29, 0.717) is 53.7 Å². The van der Waals surface area contributed by atoms with E-state index >= 15 is 0 Å². The van der Waals surface area contributed by atoms with Crippen molar-refractivity contribution in [3.8, 4) is 0 Å². The fourth-order valence-electron chi connectivity index (χ4n) is 6.17. The molecule has 2 amide bonds. The molecule has 0 spiro atoms. The molecule has 7 heteroatoms. The largest absolute Gasteiger partial charge is 0.336 e. The summed E-state index contributed by atoms with van der Waals surface area (Å²) in [4.78, 5) is 32.9. The first-order valence-corrected chi connectivity index (χ1v) is 14.4. The maximum Gasteiger partial charge on any atom is 0.255 e. The molecule has 0 N–H and O–H groups in total. The van der Waals surface area contributed by atoms with Crippen LogP contribution in [0.4, 0.5) is 0 Å². The highest BCUT2D eigenvalue weighted by atomic mass is 79.9. The highest BCUT2D eigenvalue weighted by Crippen LogP contribution is 2.59. The fourth-order valence-corrected chi connectivity index (χ4v) is 6.79. The number of rotatable bonds is 7. The molecular formula is C30H35BrClN3O2. The summed E-state index contributed by atoms with van der Waals surface area (Å²) < 4.78 is 0.911. The monoisotopic (exact) mass is 583 g/mol. The number of nitrogens with zero attached hydrogens (tertiary/aromatic N) is 3. The zero-order valence-corrected chi connectivity index (χ0v) is 24.0. The van der Waals surface area contributed by atoms with Gasteiger partial charge in [0, 0.05) is 55.8 Å². The van der Waals surface area contributed by atoms with Crippen molar-refractivity contribution in [2.45, 2.75) is 26.7 Å². The van der Waals surface area contributed by atoms with Gasteiger partial charge in [0.2, 0.25) is 0 Å². The topological polar surface area (TPSA) is 43.9 Å². The molecule has 196 valence electrons. The summed E-state index contributed by atoms with van der Waals surface area (Å²) in [5, 5.41) is 0.499. The van der Waals surface area contributed by atoms with E-state index in [1.807, 2.05) is 52.3 Å². The van der Waals surface area contributed by atoms with Crippen molar-refractivity contribution in [3.05, 3.63) is 80.8 Å². The maximum atomic E-state index is 13.7. The zero-order valence-electron chi connectivity index (χ0n) is 21.6. The van der Waals surface area contributed by atoms with Crippen LogP contribution in [0.25, 0.3) is 0 Å². The van der Waals surface area contributed by atoms with Crippen LogP contribution in [0.2, 0.25) is 5.02 Å². The lowest BCUT2D eigenvalue weighted by atomic mass is 9.49. The van der Waals surface area contributed by atoms with E-state index in [4.69, 9.17) is 11.6 Å². The molecule has 1 saturated carbocycles. The Balaban J connectivity index is 1.23. The molecule has 2 atom stereocenters. The Bertz CT molecular complexity index is 1200. The van der Waals surface area contributed by atoms with Gasteiger partial charge in [0.1, 0.15) is 0 Å². The quantitative estimate of drug-likeness (QED) is 0.375. The van der Waals surface area contributed by atoms with Crippen molar-refractivity contribution >= 4 is 39.3 Å². The van der Waals surface area contributed by atoms with Crippen LogP contribution in [0.3, 0.4) is 0 Å². The molecule has 2 aromatic rings. The Morgan fingerprint density at radius 3 is 2.51 bits per heavy atom. The minimum Gasteiger partial charge on any atom is -0.336 e. The predicted molar refractivity (Wildman–Crippen MR) is 152 cm³/mol. The number of amides is 2. The minimum absolute atomic E-state index is 0.00535. The second-order valence-electron chi connectivity index (χ2n) is 11.2. The number of benzene rings is 2. The van der Waals surface area contributed by atoms with Gasteiger partial charge in [-0.15, -0.1) is 0 Å². The number of carbonyl (C=O) groups is 2. The first-order valence-electron chi connectivity index (χ1n) is 13.2. The molecule has 0 aromatic heterocycles. The number of carbonyl (C=O) groups excluding carboxylic acids is 2. The number of allylic oxidation sites excluding steroid dienone is 1. The van der Waals surface area contributed by atoms with Crippen LogP contribution in [0.15, 0.2) is 64.7 Å². The van der Waals surface area contributed by atoms with Gasteiger partial charge in [0.15, 0.2) is 0 Å². The molecule has 0 radical (unpaired) electrons. The van der Waals surface area contributed by atoms with Crippen molar-refractivity contribution in [2.75, 3.05) is 45.8 Å². The van der Waals surface area contributed by atoms with Crippen LogP contribution >= 0.6 is 27.5 Å². The molecule has 1 heterocycles. The lowest BCUT2D eigenvalue weighted by Gasteiger charge is -2.57. The van der Waals surface area contributed by atoms with E-state index in [1.54, 1.807) is 6.07 Å². The van der Waals surface area contributed by atoms with Gasteiger partial charge in [-0.25, -0.2) is 0 Å². The van der Waals surface area contributed by atoms with Crippen molar-refractivity contribution in [1.29, 1.82) is 0 Å². The molecule has 6 rings (SSSR count). The molecule has 1 aliphatic heterocycles. The van der Waals surface area contributed by atoms with Crippen molar-refractivity contribution in [2.24, 2.45) is 17.3 Å². The van der Waals surface area contributed by atoms with Crippen molar-refractivity contribution in [1.82, 2.24) is 14.7 Å². The van der Waals surface area contributed by atoms with Crippen LogP contribution in [0.1, 0.15) is 47.4 Å². The summed E-state index contributed by atoms with van der Waals surface area (Å²) in [5.41, 5.74) is 3.00. The van der Waals surface area contributed by atoms with Crippen LogP contribution in [-0.2, 0) is 0 Å². The second-order valence-corrected chi connectivity index (χ2v) is 12.5. The van der Waals surface area contributed by atoms with Crippen molar-refractivity contribution < 1.29 is 9.59 Å². The Morgan fingerprint density at radius 2 is 1.84 bits per heavy atom. The molecule has 2 fully saturated rings. The van der Waals surface area contributed by atoms with Gasteiger partial charge >= 0.3 is 0 Å². The molecule has 2 unspecified atom stereocenters. The summed E-state index contributed by atoms with van der Waals surface area (Å²) >= 11 is 9.89. The zero-order chi connectivity index (χ0) is 26.2. The van der Waals surface area contributed by atoms with Gasteiger partial charge in [-0.1, -0.05) is 71.2 Å². The average Bonchev–Trinajstić information content (AvgIpc) is 2.90. The van der Waals surface area contributed by atoms with Gasteiger partial charge in [-0.05, 0) is 60.4 Å². The van der Waals surface area contributed by atoms with E-state index in [2.05, 4.69) is 40.8 Å². The molecule has 1 saturated heterocycles. The third-order valence-electron chi connectivity index (χ3n) is 8.76. The molecule has 37 heavy (non-hydrogen) atoms. The smallest absolute Gasteiger partial charge is 0.255 e. The lowest BCUT2D eigenvalue weighted by Crippen LogP contribution is -2.52. The highest BCUT2D eigenvalue weighted by molar-refractivity contribution is 9.10. The van der Waals surface area contributed by atoms with Crippen LogP contribution in [0, 0.1) is 17.3 Å². The summed E-state index contributed by atoms with van der Waals surface area (Å²) in [5.74, 6) is 1.39. The predicted octanol–water partition coefficient (Wildman–Crippen LogP) is 6.00. The molecular weight excluding hydrogens is 550 g/mol. The van der Waals surface area contributed by atoms with Gasteiger partial charge in [0.25, 0.3) is 11.8 Å². The van der Waals surface area contributed by atoms with Crippen molar-refractivity contribution in [3.63, 3.8) is 0 Å². The first kappa shape index (κ1) is 26.5. The number of fused-ring (bicyclic) bond motifs is 1. The third-order valence-corrected chi connectivity index (χ3v) is 9.59. The number of halogens is 2. The summed E-state index contributed by atoms with van der Waals surface area (Å²) in [6, 6.07) is 14.9. The van der Waals surface area contributed by atoms with Gasteiger partial charge in [-0.2, -0.15) is 0 Å². The van der Waals surface area contributed by atoms with Crippen LogP contribution in [-0.4, -0.2) is 72.3 Å².